The predicted octanol–water partition coefficient (Wildman–Crippen LogP) is 5.21. The van der Waals surface area contributed by atoms with Crippen LogP contribution in [0, 0.1) is 6.92 Å². The van der Waals surface area contributed by atoms with E-state index in [2.05, 4.69) is 48.3 Å². The van der Waals surface area contributed by atoms with Crippen molar-refractivity contribution in [3.8, 4) is 5.75 Å². The molecule has 0 unspecified atom stereocenters. The van der Waals surface area contributed by atoms with Crippen molar-refractivity contribution in [1.29, 1.82) is 0 Å². The molecule has 0 aliphatic carbocycles. The van der Waals surface area contributed by atoms with Gasteiger partial charge in [-0.15, -0.1) is 0 Å². The number of aromatic nitrogens is 2. The van der Waals surface area contributed by atoms with Gasteiger partial charge >= 0.3 is 0 Å². The van der Waals surface area contributed by atoms with Crippen molar-refractivity contribution in [3.05, 3.63) is 88.6 Å². The third-order valence-electron chi connectivity index (χ3n) is 10.7. The van der Waals surface area contributed by atoms with Crippen LogP contribution in [0.1, 0.15) is 39.1 Å². The molecular weight excluding hydrogens is 742 g/mol. The van der Waals surface area contributed by atoms with Crippen LogP contribution in [0.25, 0.3) is 0 Å². The molecule has 14 nitrogen and oxygen atoms in total. The molecule has 2 N–H and O–H groups in total. The quantitative estimate of drug-likeness (QED) is 0.182. The van der Waals surface area contributed by atoms with Crippen molar-refractivity contribution in [2.24, 2.45) is 0 Å². The number of nitrogens with zero attached hydrogens (tertiary/aromatic N) is 7. The third kappa shape index (κ3) is 8.20. The van der Waals surface area contributed by atoms with Crippen molar-refractivity contribution < 1.29 is 22.7 Å². The number of carbonyl (C=O) groups is 2. The van der Waals surface area contributed by atoms with Crippen LogP contribution in [0.2, 0.25) is 5.02 Å². The Morgan fingerprint density at radius 2 is 1.55 bits per heavy atom. The Hall–Kier alpha value is -4.96. The molecule has 4 aromatic rings. The summed E-state index contributed by atoms with van der Waals surface area (Å²) in [6.07, 6.45) is 4.73. The van der Waals surface area contributed by atoms with E-state index in [1.54, 1.807) is 55.6 Å². The van der Waals surface area contributed by atoms with Gasteiger partial charge in [0.15, 0.2) is 5.82 Å². The number of para-hydroxylation sites is 2. The number of fused-ring (bicyclic) bond motifs is 1. The van der Waals surface area contributed by atoms with Crippen molar-refractivity contribution in [1.82, 2.24) is 24.7 Å². The number of anilines is 6. The average molecular weight is 788 g/mol. The highest BCUT2D eigenvalue weighted by Gasteiger charge is 2.35. The molecule has 3 aliphatic heterocycles. The van der Waals surface area contributed by atoms with Crippen LogP contribution in [0.3, 0.4) is 0 Å². The minimum absolute atomic E-state index is 0.191. The normalized spacial score (nSPS) is 17.0. The molecule has 290 valence electrons. The number of piperidine rings is 1. The van der Waals surface area contributed by atoms with Crippen LogP contribution in [-0.4, -0.2) is 124 Å². The molecule has 2 saturated heterocycles. The second-order valence-corrected chi connectivity index (χ2v) is 16.6. The second kappa shape index (κ2) is 16.0. The Labute approximate surface area is 327 Å². The SMILES string of the molecule is COc1cc(N2CCC(N3CCN(CCN4C(=O)c5ccccc5C4=O)CC3)CC2)c(C)cc1Nc1ncc(Cl)c(Nc2ccccc2N(C)S(C)(=O)=O)n1. The zero-order valence-corrected chi connectivity index (χ0v) is 33.0. The largest absolute Gasteiger partial charge is 0.494 e. The lowest BCUT2D eigenvalue weighted by molar-refractivity contribution is 0.0579. The summed E-state index contributed by atoms with van der Waals surface area (Å²) in [4.78, 5) is 43.3. The number of benzene rings is 3. The van der Waals surface area contributed by atoms with Gasteiger partial charge in [-0.1, -0.05) is 35.9 Å². The average Bonchev–Trinajstić information content (AvgIpc) is 3.43. The number of methoxy groups -OCH3 is 1. The lowest BCUT2D eigenvalue weighted by Crippen LogP contribution is -2.54. The summed E-state index contributed by atoms with van der Waals surface area (Å²) in [6, 6.07) is 18.6. The monoisotopic (exact) mass is 787 g/mol. The molecule has 7 rings (SSSR count). The van der Waals surface area contributed by atoms with E-state index in [4.69, 9.17) is 16.3 Å². The number of imide groups is 1. The van der Waals surface area contributed by atoms with E-state index >= 15 is 0 Å². The van der Waals surface area contributed by atoms with E-state index in [1.165, 1.54) is 22.4 Å². The molecule has 3 aromatic carbocycles. The summed E-state index contributed by atoms with van der Waals surface area (Å²) in [5, 5.41) is 6.71. The second-order valence-electron chi connectivity index (χ2n) is 14.1. The maximum absolute atomic E-state index is 12.8. The number of ether oxygens (including phenoxy) is 1. The summed E-state index contributed by atoms with van der Waals surface area (Å²) >= 11 is 6.48. The lowest BCUT2D eigenvalue weighted by Gasteiger charge is -2.43. The van der Waals surface area contributed by atoms with E-state index < -0.39 is 10.0 Å². The summed E-state index contributed by atoms with van der Waals surface area (Å²) in [7, 11) is -0.376. The van der Waals surface area contributed by atoms with Gasteiger partial charge in [-0.05, 0) is 55.7 Å². The Balaban J connectivity index is 0.937. The molecule has 0 atom stereocenters. The van der Waals surface area contributed by atoms with Gasteiger partial charge in [0, 0.05) is 77.2 Å². The Morgan fingerprint density at radius 1 is 0.891 bits per heavy atom. The highest BCUT2D eigenvalue weighted by molar-refractivity contribution is 7.92. The van der Waals surface area contributed by atoms with Crippen LogP contribution >= 0.6 is 11.6 Å². The molecule has 55 heavy (non-hydrogen) atoms. The van der Waals surface area contributed by atoms with Gasteiger partial charge in [0.05, 0.1) is 47.8 Å². The topological polar surface area (TPSA) is 144 Å². The number of rotatable bonds is 12. The first-order valence-corrected chi connectivity index (χ1v) is 20.6. The number of aryl methyl sites for hydroxylation is 1. The molecule has 0 bridgehead atoms. The van der Waals surface area contributed by atoms with Crippen LogP contribution in [0.5, 0.6) is 5.75 Å². The highest BCUT2D eigenvalue weighted by atomic mass is 35.5. The maximum Gasteiger partial charge on any atom is 0.261 e. The van der Waals surface area contributed by atoms with Crippen molar-refractivity contribution in [3.63, 3.8) is 0 Å². The summed E-state index contributed by atoms with van der Waals surface area (Å²) < 4.78 is 31.5. The van der Waals surface area contributed by atoms with Gasteiger partial charge in [0.2, 0.25) is 16.0 Å². The summed E-state index contributed by atoms with van der Waals surface area (Å²) in [5.41, 5.74) is 4.87. The fourth-order valence-electron chi connectivity index (χ4n) is 7.59. The lowest BCUT2D eigenvalue weighted by atomic mass is 10.0. The first-order chi connectivity index (χ1) is 26.4. The van der Waals surface area contributed by atoms with Crippen LogP contribution < -0.4 is 24.6 Å². The molecule has 4 heterocycles. The van der Waals surface area contributed by atoms with E-state index in [0.717, 1.165) is 69.6 Å². The Morgan fingerprint density at radius 3 is 2.20 bits per heavy atom. The van der Waals surface area contributed by atoms with Crippen molar-refractivity contribution in [2.45, 2.75) is 25.8 Å². The molecule has 0 spiro atoms. The Kier molecular flexibility index (Phi) is 11.2. The number of amides is 2. The standard InChI is InChI=1S/C39H46ClN9O5S/c1-26-23-32(43-39-41-25-30(40)36(44-39)42-31-11-7-8-12-33(31)45(2)55(4,52)53)35(54-3)24-34(26)48-15-13-27(14-16-48)47-20-17-46(18-21-47)19-22-49-37(50)28-9-5-6-10-29(28)38(49)51/h5-12,23-25,27H,13-22H2,1-4H3,(H2,41,42,43,44). The molecule has 0 radical (unpaired) electrons. The maximum atomic E-state index is 12.8. The Bertz CT molecular complexity index is 2160. The van der Waals surface area contributed by atoms with Crippen LogP contribution in [-0.2, 0) is 10.0 Å². The molecule has 2 amide bonds. The van der Waals surface area contributed by atoms with Gasteiger partial charge < -0.3 is 20.3 Å². The number of hydrogen-bond acceptors (Lipinski definition) is 12. The van der Waals surface area contributed by atoms with E-state index in [1.807, 2.05) is 6.07 Å². The third-order valence-corrected chi connectivity index (χ3v) is 12.2. The molecule has 1 aromatic heterocycles. The molecular formula is C39H46ClN9O5S. The number of hydrogen-bond donors (Lipinski definition) is 2. The first-order valence-electron chi connectivity index (χ1n) is 18.4. The number of piperazine rings is 1. The molecule has 0 saturated carbocycles. The number of halogens is 1. The fourth-order valence-corrected chi connectivity index (χ4v) is 8.24. The van der Waals surface area contributed by atoms with E-state index in [9.17, 15) is 18.0 Å². The first kappa shape index (κ1) is 38.3. The van der Waals surface area contributed by atoms with Gasteiger partial charge in [-0.25, -0.2) is 13.4 Å². The zero-order valence-electron chi connectivity index (χ0n) is 31.5. The minimum atomic E-state index is -3.50. The van der Waals surface area contributed by atoms with E-state index in [-0.39, 0.29) is 22.8 Å². The predicted molar refractivity (Wildman–Crippen MR) is 216 cm³/mol. The molecule has 2 fully saturated rings. The van der Waals surface area contributed by atoms with Gasteiger partial charge in [0.1, 0.15) is 10.8 Å². The summed E-state index contributed by atoms with van der Waals surface area (Å²) in [5.74, 6) is 0.865. The van der Waals surface area contributed by atoms with Gasteiger partial charge in [-0.3, -0.25) is 28.6 Å². The molecule has 16 heteroatoms. The van der Waals surface area contributed by atoms with Crippen LogP contribution in [0.15, 0.2) is 66.9 Å². The smallest absolute Gasteiger partial charge is 0.261 e. The fraction of sp³-hybridized carbons (Fsp3) is 0.385. The molecule has 3 aliphatic rings. The van der Waals surface area contributed by atoms with Crippen molar-refractivity contribution >= 4 is 68.0 Å². The zero-order chi connectivity index (χ0) is 38.9. The summed E-state index contributed by atoms with van der Waals surface area (Å²) in [6.45, 7) is 8.79. The number of carbonyl (C=O) groups excluding carboxylic acids is 2. The van der Waals surface area contributed by atoms with Crippen molar-refractivity contribution in [2.75, 3.05) is 92.6 Å². The van der Waals surface area contributed by atoms with Gasteiger partial charge in [-0.2, -0.15) is 4.98 Å². The number of sulfonamides is 1. The number of nitrogens with one attached hydrogen (secondary N) is 2. The van der Waals surface area contributed by atoms with Gasteiger partial charge in [0.25, 0.3) is 11.8 Å². The minimum Gasteiger partial charge on any atom is -0.494 e. The van der Waals surface area contributed by atoms with Crippen LogP contribution in [0.4, 0.5) is 34.5 Å². The highest BCUT2D eigenvalue weighted by Crippen LogP contribution is 2.37. The van der Waals surface area contributed by atoms with E-state index in [0.29, 0.717) is 58.9 Å².